The second-order valence-corrected chi connectivity index (χ2v) is 7.71. The number of nitrogens with one attached hydrogen (secondary N) is 2. The Kier molecular flexibility index (Phi) is 5.02. The van der Waals surface area contributed by atoms with Crippen molar-refractivity contribution in [3.63, 3.8) is 0 Å². The Labute approximate surface area is 179 Å². The predicted molar refractivity (Wildman–Crippen MR) is 104 cm³/mol. The average Bonchev–Trinajstić information content (AvgIpc) is 3.00. The number of rotatable bonds is 2. The highest BCUT2D eigenvalue weighted by atomic mass is 19.4. The molecule has 0 atom stereocenters. The Balaban J connectivity index is 1.65. The van der Waals surface area contributed by atoms with E-state index in [4.69, 9.17) is 0 Å². The number of hydrogen-bond acceptors (Lipinski definition) is 5. The summed E-state index contributed by atoms with van der Waals surface area (Å²) in [5, 5.41) is 8.70. The largest absolute Gasteiger partial charge is 0.418 e. The first kappa shape index (κ1) is 21.5. The molecule has 32 heavy (non-hydrogen) atoms. The lowest BCUT2D eigenvalue weighted by Gasteiger charge is -2.36. The monoisotopic (exact) mass is 449 g/mol. The van der Waals surface area contributed by atoms with Gasteiger partial charge in [-0.15, -0.1) is 0 Å². The van der Waals surface area contributed by atoms with Crippen LogP contribution >= 0.6 is 0 Å². The maximum atomic E-state index is 13.5. The Morgan fingerprint density at radius 1 is 1.12 bits per heavy atom. The third kappa shape index (κ3) is 3.61. The zero-order chi connectivity index (χ0) is 23.3. The number of para-hydroxylation sites is 1. The predicted octanol–water partition coefficient (Wildman–Crippen LogP) is 1.37. The van der Waals surface area contributed by atoms with Crippen LogP contribution in [0.5, 0.6) is 0 Å². The van der Waals surface area contributed by atoms with Gasteiger partial charge < -0.3 is 10.2 Å². The zero-order valence-corrected chi connectivity index (χ0v) is 16.8. The first-order valence-electron chi connectivity index (χ1n) is 9.72. The van der Waals surface area contributed by atoms with Crippen LogP contribution in [0.2, 0.25) is 0 Å². The summed E-state index contributed by atoms with van der Waals surface area (Å²) in [4.78, 5) is 50.3. The Hall–Kier alpha value is -3.70. The molecule has 168 valence electrons. The molecule has 1 aromatic heterocycles. The van der Waals surface area contributed by atoms with Gasteiger partial charge in [0.1, 0.15) is 5.54 Å². The number of aryl methyl sites for hydroxylation is 1. The van der Waals surface area contributed by atoms with Gasteiger partial charge in [0.05, 0.1) is 11.3 Å². The Bertz CT molecular complexity index is 1180. The minimum atomic E-state index is -4.66. The normalized spacial score (nSPS) is 17.9. The molecule has 0 unspecified atom stereocenters. The third-order valence-electron chi connectivity index (χ3n) is 5.67. The Morgan fingerprint density at radius 3 is 2.38 bits per heavy atom. The highest BCUT2D eigenvalue weighted by Gasteiger charge is 2.48. The number of benzene rings is 1. The van der Waals surface area contributed by atoms with Gasteiger partial charge in [0, 0.05) is 24.8 Å². The SMILES string of the molecule is Cc1cc(=O)c(C(=O)N2CCC3(CC2)NC(=O)NC3=O)nn1-c1ccccc1C(F)(F)F. The number of carbonyl (C=O) groups is 3. The summed E-state index contributed by atoms with van der Waals surface area (Å²) in [7, 11) is 0. The molecule has 4 amide bonds. The maximum absolute atomic E-state index is 13.5. The molecule has 2 saturated heterocycles. The molecule has 1 spiro atoms. The van der Waals surface area contributed by atoms with Crippen molar-refractivity contribution in [2.75, 3.05) is 13.1 Å². The fourth-order valence-electron chi connectivity index (χ4n) is 3.96. The van der Waals surface area contributed by atoms with Gasteiger partial charge in [-0.25, -0.2) is 9.48 Å². The molecular weight excluding hydrogens is 431 g/mol. The van der Waals surface area contributed by atoms with E-state index in [2.05, 4.69) is 15.7 Å². The number of likely N-dealkylation sites (tertiary alicyclic amines) is 1. The molecule has 0 radical (unpaired) electrons. The lowest BCUT2D eigenvalue weighted by Crippen LogP contribution is -2.56. The van der Waals surface area contributed by atoms with Crippen LogP contribution in [-0.4, -0.2) is 51.2 Å². The van der Waals surface area contributed by atoms with Crippen molar-refractivity contribution in [2.45, 2.75) is 31.5 Å². The number of aromatic nitrogens is 2. The molecule has 0 aliphatic carbocycles. The van der Waals surface area contributed by atoms with Crippen LogP contribution in [0, 0.1) is 6.92 Å². The van der Waals surface area contributed by atoms with Crippen molar-refractivity contribution < 1.29 is 27.6 Å². The summed E-state index contributed by atoms with van der Waals surface area (Å²) in [6.45, 7) is 1.53. The lowest BCUT2D eigenvalue weighted by molar-refractivity contribution is -0.137. The summed E-state index contributed by atoms with van der Waals surface area (Å²) in [6.07, 6.45) is -4.40. The summed E-state index contributed by atoms with van der Waals surface area (Å²) in [5.74, 6) is -1.23. The van der Waals surface area contributed by atoms with Crippen LogP contribution in [-0.2, 0) is 11.0 Å². The van der Waals surface area contributed by atoms with Gasteiger partial charge in [-0.2, -0.15) is 18.3 Å². The molecule has 0 saturated carbocycles. The summed E-state index contributed by atoms with van der Waals surface area (Å²) < 4.78 is 41.3. The summed E-state index contributed by atoms with van der Waals surface area (Å²) in [5.41, 5.74) is -3.49. The van der Waals surface area contributed by atoms with Gasteiger partial charge in [0.2, 0.25) is 5.43 Å². The lowest BCUT2D eigenvalue weighted by atomic mass is 9.87. The van der Waals surface area contributed by atoms with E-state index >= 15 is 0 Å². The fourth-order valence-corrected chi connectivity index (χ4v) is 3.96. The average molecular weight is 449 g/mol. The van der Waals surface area contributed by atoms with Crippen molar-refractivity contribution >= 4 is 17.8 Å². The second-order valence-electron chi connectivity index (χ2n) is 7.71. The number of imide groups is 1. The van der Waals surface area contributed by atoms with Crippen molar-refractivity contribution in [2.24, 2.45) is 0 Å². The molecule has 3 heterocycles. The molecule has 12 heteroatoms. The number of alkyl halides is 3. The van der Waals surface area contributed by atoms with Crippen LogP contribution in [0.1, 0.15) is 34.6 Å². The maximum Gasteiger partial charge on any atom is 0.418 e. The highest BCUT2D eigenvalue weighted by Crippen LogP contribution is 2.33. The van der Waals surface area contributed by atoms with Gasteiger partial charge in [-0.1, -0.05) is 12.1 Å². The van der Waals surface area contributed by atoms with Crippen molar-refractivity contribution in [3.8, 4) is 5.69 Å². The zero-order valence-electron chi connectivity index (χ0n) is 16.8. The Morgan fingerprint density at radius 2 is 1.78 bits per heavy atom. The number of piperidine rings is 1. The van der Waals surface area contributed by atoms with E-state index in [0.717, 1.165) is 16.8 Å². The molecule has 2 fully saturated rings. The van der Waals surface area contributed by atoms with Gasteiger partial charge in [0.15, 0.2) is 5.69 Å². The molecule has 4 rings (SSSR count). The topological polar surface area (TPSA) is 113 Å². The van der Waals surface area contributed by atoms with E-state index in [1.807, 2.05) is 0 Å². The van der Waals surface area contributed by atoms with Gasteiger partial charge >= 0.3 is 12.2 Å². The molecule has 2 aliphatic rings. The van der Waals surface area contributed by atoms with Crippen molar-refractivity contribution in [1.29, 1.82) is 0 Å². The molecule has 0 bridgehead atoms. The smallest absolute Gasteiger partial charge is 0.337 e. The van der Waals surface area contributed by atoms with E-state index in [1.54, 1.807) is 0 Å². The van der Waals surface area contributed by atoms with E-state index in [9.17, 15) is 32.3 Å². The third-order valence-corrected chi connectivity index (χ3v) is 5.67. The van der Waals surface area contributed by atoms with Crippen LogP contribution in [0.15, 0.2) is 35.1 Å². The second kappa shape index (κ2) is 7.46. The number of hydrogen-bond donors (Lipinski definition) is 2. The van der Waals surface area contributed by atoms with Crippen molar-refractivity contribution in [1.82, 2.24) is 25.3 Å². The fraction of sp³-hybridized carbons (Fsp3) is 0.350. The van der Waals surface area contributed by atoms with Crippen LogP contribution in [0.4, 0.5) is 18.0 Å². The van der Waals surface area contributed by atoms with Gasteiger partial charge in [0.25, 0.3) is 11.8 Å². The number of urea groups is 1. The number of nitrogens with zero attached hydrogens (tertiary/aromatic N) is 3. The quantitative estimate of drug-likeness (QED) is 0.673. The van der Waals surface area contributed by atoms with Gasteiger partial charge in [-0.05, 0) is 31.9 Å². The summed E-state index contributed by atoms with van der Waals surface area (Å²) >= 11 is 0. The molecule has 9 nitrogen and oxygen atoms in total. The molecule has 2 N–H and O–H groups in total. The van der Waals surface area contributed by atoms with E-state index in [0.29, 0.717) is 0 Å². The number of carbonyl (C=O) groups excluding carboxylic acids is 3. The standard InChI is InChI=1S/C20H18F3N5O4/c1-11-10-14(29)15(26-28(11)13-5-3-2-4-12(13)20(21,22)23)16(30)27-8-6-19(7-9-27)17(31)24-18(32)25-19/h2-5,10H,6-9H2,1H3,(H2,24,25,31,32). The van der Waals surface area contributed by atoms with E-state index < -0.39 is 46.2 Å². The van der Waals surface area contributed by atoms with E-state index in [-0.39, 0.29) is 37.3 Å². The molecular formula is C20H18F3N5O4. The van der Waals surface area contributed by atoms with Gasteiger partial charge in [-0.3, -0.25) is 19.7 Å². The van der Waals surface area contributed by atoms with Crippen LogP contribution in [0.3, 0.4) is 0 Å². The van der Waals surface area contributed by atoms with E-state index in [1.165, 1.54) is 30.0 Å². The minimum absolute atomic E-state index is 0.0562. The molecule has 2 aromatic rings. The van der Waals surface area contributed by atoms with Crippen LogP contribution in [0.25, 0.3) is 5.69 Å². The highest BCUT2D eigenvalue weighted by molar-refractivity contribution is 6.07. The number of amides is 4. The summed E-state index contributed by atoms with van der Waals surface area (Å²) in [6, 6.07) is 5.17. The first-order chi connectivity index (χ1) is 15.0. The first-order valence-corrected chi connectivity index (χ1v) is 9.72. The molecule has 1 aromatic carbocycles. The molecule has 2 aliphatic heterocycles. The van der Waals surface area contributed by atoms with Crippen LogP contribution < -0.4 is 16.1 Å². The van der Waals surface area contributed by atoms with Crippen molar-refractivity contribution in [3.05, 3.63) is 57.5 Å². The number of halogens is 3. The minimum Gasteiger partial charge on any atom is -0.337 e.